The highest BCUT2D eigenvalue weighted by atomic mass is 16.6. The monoisotopic (exact) mass is 564 g/mol. The number of piperidine rings is 1. The molecular formula is C29H40N8O4. The standard InChI is InChI=1S/C29H40N8O4/c1-20(36-19-26(32-33-36)22-12-25(40-5)16-30-14-22)37-27(38)13-24(15-31-37)34-11-7-10-23(18-34)35(17-21-8-6-9-21)28(39)41-29(2,3)4/h12-16,19-21,23H,6-11,17-18H2,1-5H3/t20?,23-/m1/s1. The summed E-state index contributed by atoms with van der Waals surface area (Å²) in [4.78, 5) is 34.7. The summed E-state index contributed by atoms with van der Waals surface area (Å²) in [7, 11) is 1.58. The number of methoxy groups -OCH3 is 1. The molecule has 1 saturated carbocycles. The molecule has 0 aromatic carbocycles. The van der Waals surface area contributed by atoms with Crippen LogP contribution in [0.3, 0.4) is 0 Å². The van der Waals surface area contributed by atoms with Crippen LogP contribution in [0.25, 0.3) is 11.3 Å². The Kier molecular flexibility index (Phi) is 8.27. The zero-order valence-electron chi connectivity index (χ0n) is 24.6. The minimum Gasteiger partial charge on any atom is -0.495 e. The predicted octanol–water partition coefficient (Wildman–Crippen LogP) is 3.98. The van der Waals surface area contributed by atoms with Crippen LogP contribution < -0.4 is 15.2 Å². The molecule has 2 atom stereocenters. The largest absolute Gasteiger partial charge is 0.495 e. The van der Waals surface area contributed by atoms with Crippen LogP contribution in [0.15, 0.2) is 41.7 Å². The van der Waals surface area contributed by atoms with Crippen molar-refractivity contribution in [1.82, 2.24) is 34.7 Å². The van der Waals surface area contributed by atoms with Crippen LogP contribution in [-0.4, -0.2) is 79.1 Å². The number of hydrogen-bond donors (Lipinski definition) is 0. The Bertz CT molecular complexity index is 1410. The molecule has 3 aromatic heterocycles. The molecule has 4 heterocycles. The minimum absolute atomic E-state index is 0.0141. The Morgan fingerprint density at radius 3 is 2.63 bits per heavy atom. The molecule has 1 amide bonds. The van der Waals surface area contributed by atoms with Gasteiger partial charge in [0.15, 0.2) is 0 Å². The number of hydrogen-bond acceptors (Lipinski definition) is 9. The van der Waals surface area contributed by atoms with Gasteiger partial charge in [-0.15, -0.1) is 5.10 Å². The summed E-state index contributed by atoms with van der Waals surface area (Å²) in [6.07, 6.45) is 11.4. The summed E-state index contributed by atoms with van der Waals surface area (Å²) in [6, 6.07) is 3.45. The van der Waals surface area contributed by atoms with E-state index in [0.717, 1.165) is 50.0 Å². The molecule has 5 rings (SSSR count). The van der Waals surface area contributed by atoms with Gasteiger partial charge in [0.2, 0.25) is 0 Å². The lowest BCUT2D eigenvalue weighted by atomic mass is 9.84. The van der Waals surface area contributed by atoms with Gasteiger partial charge in [0.1, 0.15) is 23.2 Å². The zero-order valence-corrected chi connectivity index (χ0v) is 24.6. The predicted molar refractivity (Wildman–Crippen MR) is 154 cm³/mol. The lowest BCUT2D eigenvalue weighted by Crippen LogP contribution is -2.53. The van der Waals surface area contributed by atoms with E-state index in [-0.39, 0.29) is 17.7 Å². The number of carbonyl (C=O) groups excluding carboxylic acids is 1. The lowest BCUT2D eigenvalue weighted by Gasteiger charge is -2.42. The number of pyridine rings is 1. The van der Waals surface area contributed by atoms with Crippen molar-refractivity contribution in [2.75, 3.05) is 31.6 Å². The third kappa shape index (κ3) is 6.68. The van der Waals surface area contributed by atoms with Gasteiger partial charge in [-0.05, 0) is 65.4 Å². The van der Waals surface area contributed by atoms with Crippen LogP contribution in [0.2, 0.25) is 0 Å². The molecule has 0 N–H and O–H groups in total. The lowest BCUT2D eigenvalue weighted by molar-refractivity contribution is 0.00735. The first kappa shape index (κ1) is 28.6. The molecule has 0 radical (unpaired) electrons. The maximum absolute atomic E-state index is 13.2. The summed E-state index contributed by atoms with van der Waals surface area (Å²) in [5.41, 5.74) is 1.33. The normalized spacial score (nSPS) is 18.5. The van der Waals surface area contributed by atoms with Crippen molar-refractivity contribution in [3.63, 3.8) is 0 Å². The number of nitrogens with zero attached hydrogens (tertiary/aromatic N) is 8. The van der Waals surface area contributed by atoms with Gasteiger partial charge in [0, 0.05) is 37.5 Å². The fraction of sp³-hybridized carbons (Fsp3) is 0.586. The second kappa shape index (κ2) is 11.9. The van der Waals surface area contributed by atoms with Crippen molar-refractivity contribution in [3.8, 4) is 17.0 Å². The molecular weight excluding hydrogens is 524 g/mol. The van der Waals surface area contributed by atoms with Crippen LogP contribution in [0.5, 0.6) is 5.75 Å². The van der Waals surface area contributed by atoms with Gasteiger partial charge in [-0.2, -0.15) is 5.10 Å². The van der Waals surface area contributed by atoms with E-state index in [2.05, 4.69) is 25.3 Å². The summed E-state index contributed by atoms with van der Waals surface area (Å²) >= 11 is 0. The second-order valence-electron chi connectivity index (χ2n) is 12.0. The molecule has 1 saturated heterocycles. The van der Waals surface area contributed by atoms with Crippen molar-refractivity contribution in [2.24, 2.45) is 5.92 Å². The Balaban J connectivity index is 1.30. The summed E-state index contributed by atoms with van der Waals surface area (Å²) in [5.74, 6) is 1.15. The first-order valence-corrected chi connectivity index (χ1v) is 14.4. The third-order valence-electron chi connectivity index (χ3n) is 7.81. The Hall–Kier alpha value is -3.96. The first-order valence-electron chi connectivity index (χ1n) is 14.4. The molecule has 1 unspecified atom stereocenters. The van der Waals surface area contributed by atoms with Crippen molar-refractivity contribution >= 4 is 11.8 Å². The van der Waals surface area contributed by atoms with Gasteiger partial charge in [-0.1, -0.05) is 11.6 Å². The highest BCUT2D eigenvalue weighted by Gasteiger charge is 2.34. The smallest absolute Gasteiger partial charge is 0.410 e. The van der Waals surface area contributed by atoms with E-state index in [1.807, 2.05) is 38.7 Å². The second-order valence-corrected chi connectivity index (χ2v) is 12.0. The number of carbonyl (C=O) groups is 1. The van der Waals surface area contributed by atoms with E-state index < -0.39 is 11.8 Å². The minimum atomic E-state index is -0.551. The van der Waals surface area contributed by atoms with E-state index in [0.29, 0.717) is 23.9 Å². The van der Waals surface area contributed by atoms with Crippen molar-refractivity contribution in [1.29, 1.82) is 0 Å². The maximum atomic E-state index is 13.2. The SMILES string of the molecule is COc1cncc(-c2cn(C(C)n3ncc(N4CCC[C@@H](N(CC5CCC5)C(=O)OC(C)(C)C)C4)cc3=O)nn2)c1. The Labute approximate surface area is 240 Å². The maximum Gasteiger partial charge on any atom is 0.410 e. The fourth-order valence-corrected chi connectivity index (χ4v) is 5.33. The van der Waals surface area contributed by atoms with E-state index in [1.165, 1.54) is 11.1 Å². The van der Waals surface area contributed by atoms with Crippen molar-refractivity contribution in [3.05, 3.63) is 47.3 Å². The van der Waals surface area contributed by atoms with Crippen LogP contribution in [0.1, 0.15) is 66.0 Å². The fourth-order valence-electron chi connectivity index (χ4n) is 5.33. The van der Waals surface area contributed by atoms with Crippen LogP contribution in [0.4, 0.5) is 10.5 Å². The van der Waals surface area contributed by atoms with Gasteiger partial charge in [0.05, 0.1) is 37.4 Å². The van der Waals surface area contributed by atoms with Crippen molar-refractivity contribution < 1.29 is 14.3 Å². The Morgan fingerprint density at radius 2 is 1.95 bits per heavy atom. The van der Waals surface area contributed by atoms with E-state index >= 15 is 0 Å². The molecule has 0 spiro atoms. The summed E-state index contributed by atoms with van der Waals surface area (Å²) in [5, 5.41) is 13.0. The summed E-state index contributed by atoms with van der Waals surface area (Å²) < 4.78 is 14.0. The molecule has 1 aliphatic carbocycles. The summed E-state index contributed by atoms with van der Waals surface area (Å²) in [6.45, 7) is 9.69. The average molecular weight is 565 g/mol. The van der Waals surface area contributed by atoms with Gasteiger partial charge >= 0.3 is 6.09 Å². The molecule has 2 fully saturated rings. The van der Waals surface area contributed by atoms with Crippen LogP contribution >= 0.6 is 0 Å². The topological polar surface area (TPSA) is 121 Å². The van der Waals surface area contributed by atoms with Gasteiger partial charge in [0.25, 0.3) is 5.56 Å². The molecule has 12 nitrogen and oxygen atoms in total. The highest BCUT2D eigenvalue weighted by molar-refractivity contribution is 5.69. The van der Waals surface area contributed by atoms with Crippen LogP contribution in [-0.2, 0) is 4.74 Å². The van der Waals surface area contributed by atoms with E-state index in [4.69, 9.17) is 9.47 Å². The van der Waals surface area contributed by atoms with Crippen LogP contribution in [0, 0.1) is 5.92 Å². The average Bonchev–Trinajstić information content (AvgIpc) is 3.42. The number of anilines is 1. The third-order valence-corrected chi connectivity index (χ3v) is 7.81. The molecule has 220 valence electrons. The number of aromatic nitrogens is 6. The van der Waals surface area contributed by atoms with Gasteiger partial charge in [-0.3, -0.25) is 9.78 Å². The molecule has 41 heavy (non-hydrogen) atoms. The molecule has 12 heteroatoms. The van der Waals surface area contributed by atoms with E-state index in [9.17, 15) is 9.59 Å². The quantitative estimate of drug-likeness (QED) is 0.400. The first-order chi connectivity index (χ1) is 19.6. The molecule has 3 aromatic rings. The Morgan fingerprint density at radius 1 is 1.15 bits per heavy atom. The van der Waals surface area contributed by atoms with E-state index in [1.54, 1.807) is 42.6 Å². The molecule has 2 aliphatic rings. The highest BCUT2D eigenvalue weighted by Crippen LogP contribution is 2.30. The number of ether oxygens (including phenoxy) is 2. The van der Waals surface area contributed by atoms with Gasteiger partial charge < -0.3 is 19.3 Å². The molecule has 0 bridgehead atoms. The molecule has 1 aliphatic heterocycles. The van der Waals surface area contributed by atoms with Crippen molar-refractivity contribution in [2.45, 2.75) is 77.6 Å². The zero-order chi connectivity index (χ0) is 29.1. The number of amides is 1. The number of rotatable bonds is 8. The van der Waals surface area contributed by atoms with Gasteiger partial charge in [-0.25, -0.2) is 14.2 Å².